The normalized spacial score (nSPS) is 18.9. The molecule has 2 aromatic carbocycles. The molecule has 3 nitrogen and oxygen atoms in total. The van der Waals surface area contributed by atoms with Gasteiger partial charge in [0.25, 0.3) is 0 Å². The molecule has 0 unspecified atom stereocenters. The Labute approximate surface area is 172 Å². The number of hydrogen-bond acceptors (Lipinski definition) is 3. The number of rotatable bonds is 4. The molecule has 4 heteroatoms. The van der Waals surface area contributed by atoms with E-state index in [0.717, 1.165) is 33.8 Å². The standard InChI is InChI=1S/C25H29FN2O/c1-14(2)23-24(17-6-9-21(26)16(4)12-17)20-8-7-19(29)13-22(20)27-25(23)28(5)18-10-15(3)11-18/h6-9,12-15,18,29H,10-11H2,1-5H3. The summed E-state index contributed by atoms with van der Waals surface area (Å²) in [5, 5.41) is 11.1. The van der Waals surface area contributed by atoms with Crippen LogP contribution in [0.1, 0.15) is 50.7 Å². The van der Waals surface area contributed by atoms with Crippen LogP contribution in [0.3, 0.4) is 0 Å². The van der Waals surface area contributed by atoms with Crippen molar-refractivity contribution in [3.8, 4) is 16.9 Å². The summed E-state index contributed by atoms with van der Waals surface area (Å²) in [6.07, 6.45) is 2.33. The molecule has 1 aliphatic rings. The first-order chi connectivity index (χ1) is 13.8. The number of pyridine rings is 1. The molecule has 152 valence electrons. The lowest BCUT2D eigenvalue weighted by Crippen LogP contribution is -2.42. The molecule has 0 atom stereocenters. The van der Waals surface area contributed by atoms with Crippen LogP contribution >= 0.6 is 0 Å². The van der Waals surface area contributed by atoms with Crippen molar-refractivity contribution in [2.45, 2.75) is 52.5 Å². The van der Waals surface area contributed by atoms with Crippen LogP contribution in [-0.4, -0.2) is 23.2 Å². The summed E-state index contributed by atoms with van der Waals surface area (Å²) in [4.78, 5) is 7.31. The maximum Gasteiger partial charge on any atom is 0.133 e. The number of phenolic OH excluding ortho intramolecular Hbond substituents is 1. The van der Waals surface area contributed by atoms with Crippen LogP contribution in [0.5, 0.6) is 5.75 Å². The van der Waals surface area contributed by atoms with E-state index in [1.165, 1.54) is 18.4 Å². The minimum absolute atomic E-state index is 0.198. The van der Waals surface area contributed by atoms with Crippen molar-refractivity contribution in [1.82, 2.24) is 4.98 Å². The number of aromatic nitrogens is 1. The number of aryl methyl sites for hydroxylation is 1. The van der Waals surface area contributed by atoms with Gasteiger partial charge in [-0.3, -0.25) is 0 Å². The van der Waals surface area contributed by atoms with E-state index >= 15 is 0 Å². The number of phenols is 1. The van der Waals surface area contributed by atoms with Crippen LogP contribution in [0.25, 0.3) is 22.0 Å². The molecule has 29 heavy (non-hydrogen) atoms. The predicted molar refractivity (Wildman–Crippen MR) is 118 cm³/mol. The molecule has 0 saturated heterocycles. The number of halogens is 1. The fourth-order valence-electron chi connectivity index (χ4n) is 4.53. The van der Waals surface area contributed by atoms with Gasteiger partial charge in [0.1, 0.15) is 17.4 Å². The average Bonchev–Trinajstić information content (AvgIpc) is 2.65. The lowest BCUT2D eigenvalue weighted by Gasteiger charge is -2.41. The molecule has 3 aromatic rings. The van der Waals surface area contributed by atoms with Crippen molar-refractivity contribution in [2.75, 3.05) is 11.9 Å². The molecule has 1 fully saturated rings. The van der Waals surface area contributed by atoms with E-state index < -0.39 is 0 Å². The predicted octanol–water partition coefficient (Wildman–Crippen LogP) is 6.41. The van der Waals surface area contributed by atoms with E-state index in [0.29, 0.717) is 11.6 Å². The van der Waals surface area contributed by atoms with Crippen LogP contribution in [0, 0.1) is 18.7 Å². The first-order valence-corrected chi connectivity index (χ1v) is 10.4. The second-order valence-corrected chi connectivity index (χ2v) is 8.89. The van der Waals surface area contributed by atoms with Gasteiger partial charge in [-0.05, 0) is 72.6 Å². The Morgan fingerprint density at radius 2 is 1.86 bits per heavy atom. The van der Waals surface area contributed by atoms with E-state index in [4.69, 9.17) is 4.98 Å². The quantitative estimate of drug-likeness (QED) is 0.557. The lowest BCUT2D eigenvalue weighted by atomic mass is 9.80. The van der Waals surface area contributed by atoms with Gasteiger partial charge in [-0.1, -0.05) is 26.8 Å². The Hall–Kier alpha value is -2.62. The maximum atomic E-state index is 14.0. The lowest BCUT2D eigenvalue weighted by molar-refractivity contribution is 0.280. The van der Waals surface area contributed by atoms with E-state index in [1.54, 1.807) is 25.1 Å². The Kier molecular flexibility index (Phi) is 4.97. The Morgan fingerprint density at radius 1 is 1.14 bits per heavy atom. The van der Waals surface area contributed by atoms with Crippen molar-refractivity contribution < 1.29 is 9.50 Å². The Bertz CT molecular complexity index is 1070. The summed E-state index contributed by atoms with van der Waals surface area (Å²) < 4.78 is 14.0. The Balaban J connectivity index is 2.02. The van der Waals surface area contributed by atoms with Gasteiger partial charge in [-0.25, -0.2) is 9.37 Å². The molecule has 4 rings (SSSR count). The third-order valence-electron chi connectivity index (χ3n) is 6.24. The highest BCUT2D eigenvalue weighted by Gasteiger charge is 2.32. The van der Waals surface area contributed by atoms with Crippen LogP contribution in [0.15, 0.2) is 36.4 Å². The number of benzene rings is 2. The van der Waals surface area contributed by atoms with Crippen LogP contribution < -0.4 is 4.90 Å². The summed E-state index contributed by atoms with van der Waals surface area (Å²) in [5.74, 6) is 1.96. The largest absolute Gasteiger partial charge is 0.508 e. The van der Waals surface area contributed by atoms with Gasteiger partial charge in [0.15, 0.2) is 0 Å². The molecular weight excluding hydrogens is 363 g/mol. The first kappa shape index (κ1) is 19.7. The third kappa shape index (κ3) is 3.45. The summed E-state index contributed by atoms with van der Waals surface area (Å²) in [5.41, 5.74) is 4.64. The molecule has 1 saturated carbocycles. The van der Waals surface area contributed by atoms with Gasteiger partial charge in [-0.15, -0.1) is 0 Å². The Morgan fingerprint density at radius 3 is 2.48 bits per heavy atom. The summed E-state index contributed by atoms with van der Waals surface area (Å²) in [7, 11) is 2.12. The van der Waals surface area contributed by atoms with Crippen molar-refractivity contribution in [3.63, 3.8) is 0 Å². The van der Waals surface area contributed by atoms with Crippen LogP contribution in [0.4, 0.5) is 10.2 Å². The molecule has 1 aromatic heterocycles. The van der Waals surface area contributed by atoms with E-state index in [9.17, 15) is 9.50 Å². The molecule has 0 amide bonds. The van der Waals surface area contributed by atoms with Crippen molar-refractivity contribution in [2.24, 2.45) is 5.92 Å². The molecule has 1 aliphatic carbocycles. The van der Waals surface area contributed by atoms with Gasteiger partial charge < -0.3 is 10.0 Å². The van der Waals surface area contributed by atoms with Crippen LogP contribution in [0.2, 0.25) is 0 Å². The summed E-state index contributed by atoms with van der Waals surface area (Å²) >= 11 is 0. The highest BCUT2D eigenvalue weighted by atomic mass is 19.1. The van der Waals surface area contributed by atoms with Crippen molar-refractivity contribution in [1.29, 1.82) is 0 Å². The van der Waals surface area contributed by atoms with Crippen molar-refractivity contribution >= 4 is 16.7 Å². The number of aromatic hydroxyl groups is 1. The number of fused-ring (bicyclic) bond motifs is 1. The van der Waals surface area contributed by atoms with Crippen LogP contribution in [-0.2, 0) is 0 Å². The summed E-state index contributed by atoms with van der Waals surface area (Å²) in [6.45, 7) is 8.45. The molecule has 1 N–H and O–H groups in total. The number of anilines is 1. The first-order valence-electron chi connectivity index (χ1n) is 10.4. The third-order valence-corrected chi connectivity index (χ3v) is 6.24. The zero-order valence-electron chi connectivity index (χ0n) is 17.8. The van der Waals surface area contributed by atoms with E-state index in [-0.39, 0.29) is 17.5 Å². The summed E-state index contributed by atoms with van der Waals surface area (Å²) in [6, 6.07) is 11.1. The second kappa shape index (κ2) is 7.33. The fourth-order valence-corrected chi connectivity index (χ4v) is 4.53. The minimum atomic E-state index is -0.198. The molecule has 0 spiro atoms. The molecule has 0 aliphatic heterocycles. The second-order valence-electron chi connectivity index (χ2n) is 8.89. The average molecular weight is 393 g/mol. The molecular formula is C25H29FN2O. The highest BCUT2D eigenvalue weighted by Crippen LogP contribution is 2.43. The minimum Gasteiger partial charge on any atom is -0.508 e. The number of nitrogens with zero attached hydrogens (tertiary/aromatic N) is 2. The molecule has 0 radical (unpaired) electrons. The smallest absolute Gasteiger partial charge is 0.133 e. The van der Waals surface area contributed by atoms with E-state index in [2.05, 4.69) is 32.7 Å². The highest BCUT2D eigenvalue weighted by molar-refractivity contribution is 5.99. The fraction of sp³-hybridized carbons (Fsp3) is 0.400. The van der Waals surface area contributed by atoms with Gasteiger partial charge in [-0.2, -0.15) is 0 Å². The zero-order chi connectivity index (χ0) is 20.9. The van der Waals surface area contributed by atoms with E-state index in [1.807, 2.05) is 18.2 Å². The number of hydrogen-bond donors (Lipinski definition) is 1. The monoisotopic (exact) mass is 392 g/mol. The van der Waals surface area contributed by atoms with Gasteiger partial charge in [0.2, 0.25) is 0 Å². The van der Waals surface area contributed by atoms with Gasteiger partial charge >= 0.3 is 0 Å². The van der Waals surface area contributed by atoms with Crippen molar-refractivity contribution in [3.05, 3.63) is 53.3 Å². The van der Waals surface area contributed by atoms with Gasteiger partial charge in [0.05, 0.1) is 5.52 Å². The maximum absolute atomic E-state index is 14.0. The SMILES string of the molecule is Cc1cc(-c2c(C(C)C)c(N(C)C3CC(C)C3)nc3cc(O)ccc23)ccc1F. The van der Waals surface area contributed by atoms with Gasteiger partial charge in [0, 0.05) is 30.1 Å². The zero-order valence-corrected chi connectivity index (χ0v) is 17.8. The molecule has 1 heterocycles. The molecule has 0 bridgehead atoms. The topological polar surface area (TPSA) is 36.4 Å².